The number of aromatic nitrogens is 1. The van der Waals surface area contributed by atoms with Crippen molar-refractivity contribution in [1.29, 1.82) is 0 Å². The first-order valence-electron chi connectivity index (χ1n) is 7.07. The maximum atomic E-state index is 12.1. The zero-order valence-corrected chi connectivity index (χ0v) is 15.2. The van der Waals surface area contributed by atoms with Crippen molar-refractivity contribution in [2.24, 2.45) is 0 Å². The van der Waals surface area contributed by atoms with Gasteiger partial charge in [-0.25, -0.2) is 18.2 Å². The lowest BCUT2D eigenvalue weighted by atomic mass is 10.1. The Morgan fingerprint density at radius 2 is 1.88 bits per heavy atom. The molecule has 1 N–H and O–H groups in total. The first kappa shape index (κ1) is 18.9. The fourth-order valence-corrected chi connectivity index (χ4v) is 3.04. The van der Waals surface area contributed by atoms with Crippen molar-refractivity contribution >= 4 is 39.2 Å². The van der Waals surface area contributed by atoms with E-state index in [1.54, 1.807) is 24.6 Å². The number of nitrogens with zero attached hydrogens (tertiary/aromatic N) is 1. The van der Waals surface area contributed by atoms with Gasteiger partial charge in [0.05, 0.1) is 11.8 Å². The molecule has 0 unspecified atom stereocenters. The minimum atomic E-state index is -3.38. The molecular formula is C16H16N2O5S2. The van der Waals surface area contributed by atoms with Crippen LogP contribution in [-0.2, 0) is 14.8 Å². The summed E-state index contributed by atoms with van der Waals surface area (Å²) in [6.07, 6.45) is 4.39. The summed E-state index contributed by atoms with van der Waals surface area (Å²) < 4.78 is 29.6. The van der Waals surface area contributed by atoms with Gasteiger partial charge in [0.15, 0.2) is 12.4 Å². The molecule has 0 fully saturated rings. The summed E-state index contributed by atoms with van der Waals surface area (Å²) in [5.41, 5.74) is 0.953. The molecule has 0 saturated carbocycles. The Morgan fingerprint density at radius 3 is 2.48 bits per heavy atom. The smallest absolute Gasteiger partial charge is 0.341 e. The number of Topliss-reactive ketones (excluding diaryl/α,β-unsaturated/α-hetero) is 1. The fourth-order valence-electron chi connectivity index (χ4n) is 1.94. The lowest BCUT2D eigenvalue weighted by Gasteiger charge is -2.08. The summed E-state index contributed by atoms with van der Waals surface area (Å²) in [5.74, 6) is -1.02. The van der Waals surface area contributed by atoms with E-state index in [-0.39, 0.29) is 0 Å². The monoisotopic (exact) mass is 380 g/mol. The lowest BCUT2D eigenvalue weighted by Crippen LogP contribution is -2.15. The maximum Gasteiger partial charge on any atom is 0.341 e. The molecule has 0 saturated heterocycles. The quantitative estimate of drug-likeness (QED) is 0.446. The van der Waals surface area contributed by atoms with Crippen molar-refractivity contribution in [3.05, 3.63) is 53.7 Å². The molecule has 2 aromatic rings. The molecule has 132 valence electrons. The number of pyridine rings is 1. The molecule has 25 heavy (non-hydrogen) atoms. The van der Waals surface area contributed by atoms with E-state index >= 15 is 0 Å². The third-order valence-corrected chi connectivity index (χ3v) is 4.35. The molecule has 0 atom stereocenters. The maximum absolute atomic E-state index is 12.1. The number of carbonyl (C=O) groups is 2. The van der Waals surface area contributed by atoms with Gasteiger partial charge in [0.25, 0.3) is 0 Å². The second-order valence-corrected chi connectivity index (χ2v) is 7.55. The summed E-state index contributed by atoms with van der Waals surface area (Å²) in [7, 11) is -3.38. The van der Waals surface area contributed by atoms with Crippen molar-refractivity contribution in [3.63, 3.8) is 0 Å². The van der Waals surface area contributed by atoms with E-state index in [0.717, 1.165) is 6.26 Å². The van der Waals surface area contributed by atoms with E-state index < -0.39 is 28.4 Å². The van der Waals surface area contributed by atoms with Crippen LogP contribution >= 0.6 is 11.8 Å². The number of carbonyl (C=O) groups excluding carboxylic acids is 2. The summed E-state index contributed by atoms with van der Waals surface area (Å²) in [6.45, 7) is -0.416. The molecular weight excluding hydrogens is 364 g/mol. The molecule has 0 aliphatic rings. The molecule has 2 rings (SSSR count). The highest BCUT2D eigenvalue weighted by Gasteiger charge is 2.15. The van der Waals surface area contributed by atoms with Crippen LogP contribution in [0.4, 0.5) is 5.69 Å². The van der Waals surface area contributed by atoms with Crippen LogP contribution in [0.2, 0.25) is 0 Å². The van der Waals surface area contributed by atoms with Crippen LogP contribution in [0.5, 0.6) is 0 Å². The highest BCUT2D eigenvalue weighted by atomic mass is 32.2. The number of rotatable bonds is 7. The zero-order valence-electron chi connectivity index (χ0n) is 13.6. The van der Waals surface area contributed by atoms with Gasteiger partial charge in [-0.15, -0.1) is 11.8 Å². The molecule has 1 heterocycles. The predicted octanol–water partition coefficient (Wildman–Crippen LogP) is 2.21. The summed E-state index contributed by atoms with van der Waals surface area (Å²) >= 11 is 1.31. The molecule has 0 amide bonds. The van der Waals surface area contributed by atoms with E-state index in [9.17, 15) is 18.0 Å². The Labute approximate surface area is 149 Å². The van der Waals surface area contributed by atoms with E-state index in [1.807, 2.05) is 0 Å². The molecule has 9 heteroatoms. The largest absolute Gasteiger partial charge is 0.454 e. The zero-order chi connectivity index (χ0) is 18.4. The summed E-state index contributed by atoms with van der Waals surface area (Å²) in [5, 5.41) is 0.524. The highest BCUT2D eigenvalue weighted by Crippen LogP contribution is 2.18. The molecule has 0 radical (unpaired) electrons. The number of ether oxygens (including phenoxy) is 1. The van der Waals surface area contributed by atoms with Crippen molar-refractivity contribution in [2.75, 3.05) is 23.8 Å². The Kier molecular flexibility index (Phi) is 6.16. The number of ketones is 1. The molecule has 0 aliphatic carbocycles. The van der Waals surface area contributed by atoms with Crippen molar-refractivity contribution in [2.45, 2.75) is 5.03 Å². The summed E-state index contributed by atoms with van der Waals surface area (Å²) in [4.78, 5) is 28.2. The number of nitrogens with one attached hydrogen (secondary N) is 1. The van der Waals surface area contributed by atoms with E-state index in [1.165, 1.54) is 36.0 Å². The van der Waals surface area contributed by atoms with Gasteiger partial charge >= 0.3 is 5.97 Å². The normalized spacial score (nSPS) is 11.0. The van der Waals surface area contributed by atoms with Gasteiger partial charge < -0.3 is 4.74 Å². The second-order valence-electron chi connectivity index (χ2n) is 5.01. The van der Waals surface area contributed by atoms with Crippen LogP contribution in [0, 0.1) is 0 Å². The average Bonchev–Trinajstić information content (AvgIpc) is 2.58. The number of esters is 1. The van der Waals surface area contributed by atoms with Gasteiger partial charge in [0, 0.05) is 17.4 Å². The fraction of sp³-hybridized carbons (Fsp3) is 0.188. The van der Waals surface area contributed by atoms with E-state index in [2.05, 4.69) is 9.71 Å². The van der Waals surface area contributed by atoms with Crippen LogP contribution < -0.4 is 4.72 Å². The van der Waals surface area contributed by atoms with Crippen molar-refractivity contribution in [1.82, 2.24) is 4.98 Å². The van der Waals surface area contributed by atoms with E-state index in [0.29, 0.717) is 21.8 Å². The van der Waals surface area contributed by atoms with Gasteiger partial charge in [-0.3, -0.25) is 9.52 Å². The second kappa shape index (κ2) is 8.13. The van der Waals surface area contributed by atoms with Crippen LogP contribution in [0.25, 0.3) is 0 Å². The van der Waals surface area contributed by atoms with Crippen LogP contribution in [-0.4, -0.2) is 44.3 Å². The van der Waals surface area contributed by atoms with Crippen molar-refractivity contribution < 1.29 is 22.7 Å². The molecule has 0 bridgehead atoms. The number of thioether (sulfide) groups is 1. The van der Waals surface area contributed by atoms with Gasteiger partial charge in [0.2, 0.25) is 10.0 Å². The standard InChI is InChI=1S/C16H16N2O5S2/c1-24-15-13(4-3-9-17-15)16(20)23-10-14(19)11-5-7-12(8-6-11)18-25(2,21)22/h3-9,18H,10H2,1-2H3. The average molecular weight is 380 g/mol. The number of sulfonamides is 1. The number of hydrogen-bond acceptors (Lipinski definition) is 7. The Balaban J connectivity index is 1.99. The van der Waals surface area contributed by atoms with Crippen LogP contribution in [0.3, 0.4) is 0 Å². The van der Waals surface area contributed by atoms with Gasteiger partial charge in [-0.05, 0) is 42.7 Å². The highest BCUT2D eigenvalue weighted by molar-refractivity contribution is 7.98. The number of anilines is 1. The summed E-state index contributed by atoms with van der Waals surface area (Å²) in [6, 6.07) is 9.04. The van der Waals surface area contributed by atoms with Crippen molar-refractivity contribution in [3.8, 4) is 0 Å². The van der Waals surface area contributed by atoms with Gasteiger partial charge in [0.1, 0.15) is 5.03 Å². The third kappa shape index (κ3) is 5.57. The van der Waals surface area contributed by atoms with Gasteiger partial charge in [-0.2, -0.15) is 0 Å². The van der Waals surface area contributed by atoms with Crippen LogP contribution in [0.1, 0.15) is 20.7 Å². The molecule has 0 spiro atoms. The van der Waals surface area contributed by atoms with Gasteiger partial charge in [-0.1, -0.05) is 0 Å². The number of hydrogen-bond donors (Lipinski definition) is 1. The first-order valence-corrected chi connectivity index (χ1v) is 10.2. The Hall–Kier alpha value is -2.39. The number of benzene rings is 1. The molecule has 0 aliphatic heterocycles. The predicted molar refractivity (Wildman–Crippen MR) is 95.5 cm³/mol. The lowest BCUT2D eigenvalue weighted by molar-refractivity contribution is 0.0470. The van der Waals surface area contributed by atoms with E-state index in [4.69, 9.17) is 4.74 Å². The molecule has 1 aromatic carbocycles. The Bertz CT molecular complexity index is 880. The minimum Gasteiger partial charge on any atom is -0.454 e. The van der Waals surface area contributed by atoms with Crippen LogP contribution in [0.15, 0.2) is 47.6 Å². The minimum absolute atomic E-state index is 0.301. The molecule has 7 nitrogen and oxygen atoms in total. The Morgan fingerprint density at radius 1 is 1.20 bits per heavy atom. The first-order chi connectivity index (χ1) is 11.8. The topological polar surface area (TPSA) is 102 Å². The molecule has 1 aromatic heterocycles. The SMILES string of the molecule is CSc1ncccc1C(=O)OCC(=O)c1ccc(NS(C)(=O)=O)cc1. The third-order valence-electron chi connectivity index (χ3n) is 3.03.